The predicted molar refractivity (Wildman–Crippen MR) is 97.1 cm³/mol. The summed E-state index contributed by atoms with van der Waals surface area (Å²) in [4.78, 5) is 0. The summed E-state index contributed by atoms with van der Waals surface area (Å²) in [6.45, 7) is 1.99. The number of anilines is 2. The minimum atomic E-state index is 0.480. The van der Waals surface area contributed by atoms with Crippen LogP contribution in [0.2, 0.25) is 0 Å². The molecule has 0 aliphatic carbocycles. The van der Waals surface area contributed by atoms with Crippen LogP contribution in [0.3, 0.4) is 0 Å². The zero-order valence-electron chi connectivity index (χ0n) is 13.6. The molecule has 0 atom stereocenters. The molecule has 0 saturated heterocycles. The smallest absolute Gasteiger partial charge is 0.175 e. The van der Waals surface area contributed by atoms with Gasteiger partial charge in [0.15, 0.2) is 5.11 Å². The molecule has 0 aliphatic rings. The Balaban J connectivity index is 2.10. The molecule has 0 spiro atoms. The molecule has 0 bridgehead atoms. The van der Waals surface area contributed by atoms with E-state index < -0.39 is 0 Å². The number of hydrogen-bond acceptors (Lipinski definition) is 4. The Morgan fingerprint density at radius 3 is 1.96 bits per heavy atom. The third-order valence-electron chi connectivity index (χ3n) is 3.29. The highest BCUT2D eigenvalue weighted by Crippen LogP contribution is 2.26. The number of ether oxygens (including phenoxy) is 3. The summed E-state index contributed by atoms with van der Waals surface area (Å²) in [5.74, 6) is 2.19. The van der Waals surface area contributed by atoms with Crippen LogP contribution in [0.15, 0.2) is 36.4 Å². The van der Waals surface area contributed by atoms with Gasteiger partial charge in [0, 0.05) is 29.6 Å². The number of hydrogen-bond donors (Lipinski definition) is 2. The highest BCUT2D eigenvalue weighted by atomic mass is 32.1. The lowest BCUT2D eigenvalue weighted by Crippen LogP contribution is -2.19. The van der Waals surface area contributed by atoms with Gasteiger partial charge in [0.1, 0.15) is 17.2 Å². The summed E-state index contributed by atoms with van der Waals surface area (Å²) >= 11 is 5.36. The van der Waals surface area contributed by atoms with Crippen LogP contribution < -0.4 is 24.8 Å². The van der Waals surface area contributed by atoms with E-state index >= 15 is 0 Å². The molecule has 0 aliphatic heterocycles. The van der Waals surface area contributed by atoms with Gasteiger partial charge in [-0.3, -0.25) is 0 Å². The molecule has 0 radical (unpaired) electrons. The lowest BCUT2D eigenvalue weighted by molar-refractivity contribution is 0.395. The largest absolute Gasteiger partial charge is 0.497 e. The van der Waals surface area contributed by atoms with Crippen molar-refractivity contribution < 1.29 is 14.2 Å². The van der Waals surface area contributed by atoms with Gasteiger partial charge in [0.2, 0.25) is 0 Å². The second-order valence-electron chi connectivity index (χ2n) is 4.86. The number of aryl methyl sites for hydroxylation is 1. The van der Waals surface area contributed by atoms with Crippen LogP contribution in [0.4, 0.5) is 11.4 Å². The van der Waals surface area contributed by atoms with Gasteiger partial charge >= 0.3 is 0 Å². The third-order valence-corrected chi connectivity index (χ3v) is 3.50. The van der Waals surface area contributed by atoms with Crippen LogP contribution in [0, 0.1) is 6.92 Å². The fraction of sp³-hybridized carbons (Fsp3) is 0.235. The lowest BCUT2D eigenvalue weighted by atomic mass is 10.2. The average Bonchev–Trinajstić information content (AvgIpc) is 2.56. The van der Waals surface area contributed by atoms with Gasteiger partial charge in [-0.05, 0) is 42.9 Å². The third kappa shape index (κ3) is 4.50. The zero-order chi connectivity index (χ0) is 16.8. The Kier molecular flexibility index (Phi) is 5.65. The van der Waals surface area contributed by atoms with E-state index in [1.165, 1.54) is 0 Å². The number of methoxy groups -OCH3 is 3. The summed E-state index contributed by atoms with van der Waals surface area (Å²) in [6.07, 6.45) is 0. The van der Waals surface area contributed by atoms with E-state index in [0.717, 1.165) is 22.7 Å². The maximum absolute atomic E-state index is 5.36. The van der Waals surface area contributed by atoms with Crippen molar-refractivity contribution >= 4 is 28.7 Å². The fourth-order valence-electron chi connectivity index (χ4n) is 2.07. The van der Waals surface area contributed by atoms with E-state index in [1.807, 2.05) is 37.3 Å². The molecule has 2 aromatic carbocycles. The Labute approximate surface area is 141 Å². The van der Waals surface area contributed by atoms with Crippen LogP contribution in [0.1, 0.15) is 5.56 Å². The molecule has 5 nitrogen and oxygen atoms in total. The maximum Gasteiger partial charge on any atom is 0.175 e. The van der Waals surface area contributed by atoms with Crippen molar-refractivity contribution in [3.8, 4) is 17.2 Å². The van der Waals surface area contributed by atoms with Crippen LogP contribution >= 0.6 is 12.2 Å². The minimum Gasteiger partial charge on any atom is -0.497 e. The van der Waals surface area contributed by atoms with Crippen LogP contribution in [0.25, 0.3) is 0 Å². The number of thiocarbonyl (C=S) groups is 1. The second kappa shape index (κ2) is 7.69. The molecular formula is C17H20N2O3S. The number of benzene rings is 2. The van der Waals surface area contributed by atoms with Crippen molar-refractivity contribution in [1.29, 1.82) is 0 Å². The minimum absolute atomic E-state index is 0.480. The highest BCUT2D eigenvalue weighted by Gasteiger charge is 2.06. The summed E-state index contributed by atoms with van der Waals surface area (Å²) in [5, 5.41) is 6.77. The van der Waals surface area contributed by atoms with Crippen LogP contribution in [-0.2, 0) is 0 Å². The van der Waals surface area contributed by atoms with Crippen LogP contribution in [0.5, 0.6) is 17.2 Å². The first-order chi connectivity index (χ1) is 11.0. The molecular weight excluding hydrogens is 312 g/mol. The molecule has 2 aromatic rings. The Morgan fingerprint density at radius 1 is 0.826 bits per heavy atom. The fourth-order valence-corrected chi connectivity index (χ4v) is 2.30. The summed E-state index contributed by atoms with van der Waals surface area (Å²) in [7, 11) is 4.86. The molecule has 0 aromatic heterocycles. The molecule has 2 rings (SSSR count). The molecule has 122 valence electrons. The van der Waals surface area contributed by atoms with Gasteiger partial charge in [-0.2, -0.15) is 0 Å². The van der Waals surface area contributed by atoms with Gasteiger partial charge in [-0.1, -0.05) is 0 Å². The van der Waals surface area contributed by atoms with Crippen LogP contribution in [-0.4, -0.2) is 26.4 Å². The molecule has 23 heavy (non-hydrogen) atoms. The van der Waals surface area contributed by atoms with E-state index in [9.17, 15) is 0 Å². The lowest BCUT2D eigenvalue weighted by Gasteiger charge is -2.14. The summed E-state index contributed by atoms with van der Waals surface area (Å²) < 4.78 is 15.7. The first-order valence-electron chi connectivity index (χ1n) is 7.01. The highest BCUT2D eigenvalue weighted by molar-refractivity contribution is 7.80. The van der Waals surface area contributed by atoms with E-state index in [1.54, 1.807) is 27.4 Å². The zero-order valence-corrected chi connectivity index (χ0v) is 14.4. The topological polar surface area (TPSA) is 51.8 Å². The Bertz CT molecular complexity index is 682. The molecule has 0 fully saturated rings. The SMILES string of the molecule is COc1cc(NC(=S)Nc2ccc(OC)cc2C)cc(OC)c1. The van der Waals surface area contributed by atoms with Gasteiger partial charge in [0.25, 0.3) is 0 Å². The van der Waals surface area contributed by atoms with Gasteiger partial charge < -0.3 is 24.8 Å². The van der Waals surface area contributed by atoms with Crippen molar-refractivity contribution in [2.24, 2.45) is 0 Å². The van der Waals surface area contributed by atoms with Gasteiger partial charge in [-0.15, -0.1) is 0 Å². The Hall–Kier alpha value is -2.47. The maximum atomic E-state index is 5.36. The van der Waals surface area contributed by atoms with Crippen molar-refractivity contribution in [3.05, 3.63) is 42.0 Å². The number of rotatable bonds is 5. The van der Waals surface area contributed by atoms with E-state index in [0.29, 0.717) is 16.6 Å². The van der Waals surface area contributed by atoms with Crippen molar-refractivity contribution in [2.45, 2.75) is 6.92 Å². The van der Waals surface area contributed by atoms with Crippen molar-refractivity contribution in [2.75, 3.05) is 32.0 Å². The van der Waals surface area contributed by atoms with E-state index in [2.05, 4.69) is 10.6 Å². The molecule has 0 saturated carbocycles. The van der Waals surface area contributed by atoms with Gasteiger partial charge in [-0.25, -0.2) is 0 Å². The first-order valence-corrected chi connectivity index (χ1v) is 7.42. The quantitative estimate of drug-likeness (QED) is 0.812. The van der Waals surface area contributed by atoms with Crippen molar-refractivity contribution in [3.63, 3.8) is 0 Å². The summed E-state index contributed by atoms with van der Waals surface area (Å²) in [6, 6.07) is 11.2. The van der Waals surface area contributed by atoms with E-state index in [-0.39, 0.29) is 0 Å². The van der Waals surface area contributed by atoms with Crippen molar-refractivity contribution in [1.82, 2.24) is 0 Å². The molecule has 0 unspecified atom stereocenters. The first kappa shape index (κ1) is 16.9. The van der Waals surface area contributed by atoms with Gasteiger partial charge in [0.05, 0.1) is 21.3 Å². The molecule has 2 N–H and O–H groups in total. The molecule has 0 amide bonds. The second-order valence-corrected chi connectivity index (χ2v) is 5.27. The Morgan fingerprint density at radius 2 is 1.43 bits per heavy atom. The number of nitrogens with one attached hydrogen (secondary N) is 2. The molecule has 0 heterocycles. The van der Waals surface area contributed by atoms with E-state index in [4.69, 9.17) is 26.4 Å². The average molecular weight is 332 g/mol. The predicted octanol–water partition coefficient (Wildman–Crippen LogP) is 3.83. The monoisotopic (exact) mass is 332 g/mol. The normalized spacial score (nSPS) is 9.91. The summed E-state index contributed by atoms with van der Waals surface area (Å²) in [5.41, 5.74) is 2.74. The molecule has 6 heteroatoms. The standard InChI is InChI=1S/C17H20N2O3S/c1-11-7-13(20-2)5-6-16(11)19-17(23)18-12-8-14(21-3)10-15(9-12)22-4/h5-10H,1-4H3,(H2,18,19,23).